The smallest absolute Gasteiger partial charge is 0.0607 e. The number of hydrogen-bond donors (Lipinski definition) is 1. The minimum absolute atomic E-state index is 0.403. The van der Waals surface area contributed by atoms with Crippen molar-refractivity contribution < 1.29 is 0 Å². The fourth-order valence-corrected chi connectivity index (χ4v) is 2.35. The molecule has 88 valence electrons. The molecule has 0 radical (unpaired) electrons. The molecule has 1 nitrogen and oxygen atoms in total. The van der Waals surface area contributed by atoms with Gasteiger partial charge in [0, 0.05) is 21.8 Å². The molecule has 2 N–H and O–H groups in total. The number of hydrogen-bond acceptors (Lipinski definition) is 1. The Balaban J connectivity index is 2.68. The lowest BCUT2D eigenvalue weighted by Crippen LogP contribution is -1.88. The number of anilines is 1. The third-order valence-corrected chi connectivity index (χ3v) is 3.66. The monoisotopic (exact) mass is 305 g/mol. The maximum Gasteiger partial charge on any atom is 0.0607 e. The van der Waals surface area contributed by atoms with Crippen LogP contribution >= 0.6 is 46.4 Å². The Morgan fingerprint density at radius 2 is 1.24 bits per heavy atom. The standard InChI is InChI=1S/C12H7Cl4N/c13-9-2-1-6(17)3-7(9)8-4-11(15)12(16)5-10(8)14/h1-5H,17H2. The van der Waals surface area contributed by atoms with Crippen molar-refractivity contribution >= 4 is 52.1 Å². The normalized spacial score (nSPS) is 10.6. The molecule has 17 heavy (non-hydrogen) atoms. The summed E-state index contributed by atoms with van der Waals surface area (Å²) in [6, 6.07) is 8.43. The average molecular weight is 307 g/mol. The predicted molar refractivity (Wildman–Crippen MR) is 76.3 cm³/mol. The van der Waals surface area contributed by atoms with E-state index < -0.39 is 0 Å². The van der Waals surface area contributed by atoms with Crippen molar-refractivity contribution in [3.05, 3.63) is 50.4 Å². The number of rotatable bonds is 1. The Morgan fingerprint density at radius 1 is 0.647 bits per heavy atom. The van der Waals surface area contributed by atoms with Gasteiger partial charge in [0.2, 0.25) is 0 Å². The third-order valence-electron chi connectivity index (χ3n) is 2.29. The van der Waals surface area contributed by atoms with E-state index in [1.54, 1.807) is 30.3 Å². The second-order valence-electron chi connectivity index (χ2n) is 3.49. The average Bonchev–Trinajstić information content (AvgIpc) is 2.27. The fraction of sp³-hybridized carbons (Fsp3) is 0. The van der Waals surface area contributed by atoms with E-state index in [1.165, 1.54) is 0 Å². The molecule has 2 aromatic carbocycles. The molecule has 0 fully saturated rings. The first-order valence-electron chi connectivity index (χ1n) is 4.69. The van der Waals surface area contributed by atoms with Crippen LogP contribution in [0.5, 0.6) is 0 Å². The molecule has 0 aliphatic heterocycles. The molecule has 0 aliphatic rings. The van der Waals surface area contributed by atoms with Gasteiger partial charge in [0.05, 0.1) is 15.1 Å². The van der Waals surface area contributed by atoms with Crippen molar-refractivity contribution in [2.24, 2.45) is 0 Å². The summed E-state index contributed by atoms with van der Waals surface area (Å²) in [7, 11) is 0. The van der Waals surface area contributed by atoms with Gasteiger partial charge in [-0.3, -0.25) is 0 Å². The van der Waals surface area contributed by atoms with Crippen LogP contribution in [0.3, 0.4) is 0 Å². The van der Waals surface area contributed by atoms with E-state index in [-0.39, 0.29) is 0 Å². The van der Waals surface area contributed by atoms with Gasteiger partial charge in [-0.25, -0.2) is 0 Å². The van der Waals surface area contributed by atoms with Crippen molar-refractivity contribution in [3.8, 4) is 11.1 Å². The van der Waals surface area contributed by atoms with E-state index in [1.807, 2.05) is 0 Å². The van der Waals surface area contributed by atoms with Gasteiger partial charge in [0.25, 0.3) is 0 Å². The summed E-state index contributed by atoms with van der Waals surface area (Å²) in [5, 5.41) is 1.86. The van der Waals surface area contributed by atoms with E-state index >= 15 is 0 Å². The molecule has 0 aliphatic carbocycles. The lowest BCUT2D eigenvalue weighted by atomic mass is 10.0. The first kappa shape index (κ1) is 12.8. The summed E-state index contributed by atoms with van der Waals surface area (Å²) in [5.74, 6) is 0. The molecule has 2 aromatic rings. The van der Waals surface area contributed by atoms with E-state index in [4.69, 9.17) is 52.1 Å². The van der Waals surface area contributed by atoms with Crippen LogP contribution in [0.1, 0.15) is 0 Å². The predicted octanol–water partition coefficient (Wildman–Crippen LogP) is 5.55. The molecule has 0 aromatic heterocycles. The zero-order valence-electron chi connectivity index (χ0n) is 8.48. The van der Waals surface area contributed by atoms with Gasteiger partial charge in [-0.2, -0.15) is 0 Å². The molecule has 0 saturated heterocycles. The van der Waals surface area contributed by atoms with Crippen molar-refractivity contribution in [1.29, 1.82) is 0 Å². The van der Waals surface area contributed by atoms with Gasteiger partial charge < -0.3 is 5.73 Å². The second-order valence-corrected chi connectivity index (χ2v) is 5.11. The molecule has 0 bridgehead atoms. The van der Waals surface area contributed by atoms with E-state index in [0.29, 0.717) is 31.3 Å². The fourth-order valence-electron chi connectivity index (χ4n) is 1.48. The quantitative estimate of drug-likeness (QED) is 0.542. The summed E-state index contributed by atoms with van der Waals surface area (Å²) in [6.07, 6.45) is 0. The lowest BCUT2D eigenvalue weighted by Gasteiger charge is -2.09. The van der Waals surface area contributed by atoms with Gasteiger partial charge in [0.15, 0.2) is 0 Å². The van der Waals surface area contributed by atoms with Crippen LogP contribution in [-0.4, -0.2) is 0 Å². The number of halogens is 4. The topological polar surface area (TPSA) is 26.0 Å². The van der Waals surface area contributed by atoms with Crippen LogP contribution in [0.2, 0.25) is 20.1 Å². The molecule has 0 spiro atoms. The van der Waals surface area contributed by atoms with Crippen molar-refractivity contribution in [2.45, 2.75) is 0 Å². The summed E-state index contributed by atoms with van der Waals surface area (Å²) in [6.45, 7) is 0. The SMILES string of the molecule is Nc1ccc(Cl)c(-c2cc(Cl)c(Cl)cc2Cl)c1. The molecule has 0 saturated carbocycles. The third kappa shape index (κ3) is 2.63. The zero-order valence-corrected chi connectivity index (χ0v) is 11.5. The van der Waals surface area contributed by atoms with Crippen molar-refractivity contribution in [3.63, 3.8) is 0 Å². The van der Waals surface area contributed by atoms with Gasteiger partial charge in [-0.1, -0.05) is 46.4 Å². The maximum absolute atomic E-state index is 6.12. The van der Waals surface area contributed by atoms with Crippen LogP contribution in [0.25, 0.3) is 11.1 Å². The largest absolute Gasteiger partial charge is 0.399 e. The Labute approximate surface area is 119 Å². The summed E-state index contributed by atoms with van der Waals surface area (Å²) in [4.78, 5) is 0. The van der Waals surface area contributed by atoms with Crippen LogP contribution < -0.4 is 5.73 Å². The highest BCUT2D eigenvalue weighted by Crippen LogP contribution is 2.38. The Hall–Kier alpha value is -0.600. The maximum atomic E-state index is 6.12. The number of nitrogen functional groups attached to an aromatic ring is 1. The summed E-state index contributed by atoms with van der Waals surface area (Å²) < 4.78 is 0. The van der Waals surface area contributed by atoms with E-state index in [9.17, 15) is 0 Å². The van der Waals surface area contributed by atoms with Gasteiger partial charge in [0.1, 0.15) is 0 Å². The molecule has 0 atom stereocenters. The number of nitrogens with two attached hydrogens (primary N) is 1. The minimum Gasteiger partial charge on any atom is -0.399 e. The molecule has 0 heterocycles. The van der Waals surface area contributed by atoms with E-state index in [0.717, 1.165) is 5.56 Å². The number of benzene rings is 2. The molecular weight excluding hydrogens is 300 g/mol. The highest BCUT2D eigenvalue weighted by Gasteiger charge is 2.11. The highest BCUT2D eigenvalue weighted by molar-refractivity contribution is 6.44. The van der Waals surface area contributed by atoms with Gasteiger partial charge >= 0.3 is 0 Å². The van der Waals surface area contributed by atoms with Crippen LogP contribution in [0.15, 0.2) is 30.3 Å². The minimum atomic E-state index is 0.403. The first-order valence-corrected chi connectivity index (χ1v) is 6.20. The van der Waals surface area contributed by atoms with Crippen LogP contribution in [-0.2, 0) is 0 Å². The zero-order chi connectivity index (χ0) is 12.6. The first-order chi connectivity index (χ1) is 7.99. The molecule has 0 unspecified atom stereocenters. The Bertz CT molecular complexity index is 581. The second kappa shape index (κ2) is 4.95. The Morgan fingerprint density at radius 3 is 1.94 bits per heavy atom. The van der Waals surface area contributed by atoms with Crippen LogP contribution in [0, 0.1) is 0 Å². The van der Waals surface area contributed by atoms with Crippen molar-refractivity contribution in [2.75, 3.05) is 5.73 Å². The van der Waals surface area contributed by atoms with E-state index in [2.05, 4.69) is 0 Å². The van der Waals surface area contributed by atoms with Gasteiger partial charge in [-0.05, 0) is 30.3 Å². The summed E-state index contributed by atoms with van der Waals surface area (Å²) >= 11 is 24.1. The van der Waals surface area contributed by atoms with Crippen LogP contribution in [0.4, 0.5) is 5.69 Å². The van der Waals surface area contributed by atoms with Crippen molar-refractivity contribution in [1.82, 2.24) is 0 Å². The highest BCUT2D eigenvalue weighted by atomic mass is 35.5. The summed E-state index contributed by atoms with van der Waals surface area (Å²) in [5.41, 5.74) is 7.76. The molecule has 0 amide bonds. The van der Waals surface area contributed by atoms with Gasteiger partial charge in [-0.15, -0.1) is 0 Å². The molecular formula is C12H7Cl4N. The molecule has 5 heteroatoms. The Kier molecular flexibility index (Phi) is 3.74. The lowest BCUT2D eigenvalue weighted by molar-refractivity contribution is 1.61. The molecule has 2 rings (SSSR count).